The van der Waals surface area contributed by atoms with Gasteiger partial charge in [-0.25, -0.2) is 4.79 Å². The highest BCUT2D eigenvalue weighted by Crippen LogP contribution is 2.31. The number of aromatic hydroxyl groups is 1. The molecule has 3 N–H and O–H groups in total. The Bertz CT molecular complexity index is 552. The largest absolute Gasteiger partial charge is 0.508 e. The van der Waals surface area contributed by atoms with Gasteiger partial charge in [0.15, 0.2) is 0 Å². The lowest BCUT2D eigenvalue weighted by Gasteiger charge is -2.14. The van der Waals surface area contributed by atoms with E-state index in [1.54, 1.807) is 16.4 Å². The summed E-state index contributed by atoms with van der Waals surface area (Å²) in [6.07, 6.45) is 0. The fraction of sp³-hybridized carbons (Fsp3) is 0.385. The Labute approximate surface area is 123 Å². The number of anilines is 1. The molecule has 0 radical (unpaired) electrons. The number of carbonyl (C=O) groups excluding carboxylic acids is 1. The normalized spacial score (nSPS) is 9.90. The van der Waals surface area contributed by atoms with Crippen LogP contribution in [0.2, 0.25) is 5.02 Å². The van der Waals surface area contributed by atoms with Crippen LogP contribution in [0.4, 0.5) is 10.5 Å². The van der Waals surface area contributed by atoms with E-state index in [-0.39, 0.29) is 5.75 Å². The Morgan fingerprint density at radius 1 is 1.35 bits per heavy atom. The van der Waals surface area contributed by atoms with Crippen LogP contribution in [-0.2, 0) is 0 Å². The van der Waals surface area contributed by atoms with Gasteiger partial charge in [-0.15, -0.1) is 0 Å². The van der Waals surface area contributed by atoms with Gasteiger partial charge in [-0.1, -0.05) is 11.6 Å². The summed E-state index contributed by atoms with van der Waals surface area (Å²) < 4.78 is 1.77. The summed E-state index contributed by atoms with van der Waals surface area (Å²) in [6.45, 7) is 1.68. The first-order valence-corrected chi connectivity index (χ1v) is 6.39. The molecule has 0 heterocycles. The second-order valence-electron chi connectivity index (χ2n) is 4.76. The number of hydrogen-bond acceptors (Lipinski definition) is 2. The summed E-state index contributed by atoms with van der Waals surface area (Å²) in [7, 11) is 7.29. The lowest BCUT2D eigenvalue weighted by molar-refractivity contribution is -0.471. The third-order valence-electron chi connectivity index (χ3n) is 2.70. The van der Waals surface area contributed by atoms with Crippen LogP contribution in [0.15, 0.2) is 12.1 Å². The number of urea groups is 1. The number of guanidine groups is 1. The van der Waals surface area contributed by atoms with Crippen LogP contribution in [-0.4, -0.2) is 54.8 Å². The highest BCUT2D eigenvalue weighted by Gasteiger charge is 2.18. The van der Waals surface area contributed by atoms with Gasteiger partial charge in [0, 0.05) is 5.56 Å². The minimum atomic E-state index is -0.432. The number of nitrogens with one attached hydrogen (secondary N) is 2. The molecule has 1 rings (SSSR count). The van der Waals surface area contributed by atoms with E-state index < -0.39 is 6.03 Å². The Kier molecular flexibility index (Phi) is 5.21. The quantitative estimate of drug-likeness (QED) is 0.420. The molecule has 0 bridgehead atoms. The summed E-state index contributed by atoms with van der Waals surface area (Å²) in [6, 6.07) is 2.58. The third kappa shape index (κ3) is 3.77. The summed E-state index contributed by atoms with van der Waals surface area (Å²) in [5, 5.41) is 15.4. The molecular formula is C13H20ClN4O2+. The average Bonchev–Trinajstić information content (AvgIpc) is 2.35. The molecule has 20 heavy (non-hydrogen) atoms. The van der Waals surface area contributed by atoms with E-state index in [4.69, 9.17) is 11.6 Å². The van der Waals surface area contributed by atoms with Gasteiger partial charge < -0.3 is 5.11 Å². The van der Waals surface area contributed by atoms with Crippen LogP contribution in [0, 0.1) is 6.92 Å². The van der Waals surface area contributed by atoms with Gasteiger partial charge in [-0.3, -0.25) is 14.8 Å². The molecule has 0 aliphatic heterocycles. The monoisotopic (exact) mass is 299 g/mol. The van der Waals surface area contributed by atoms with Crippen molar-refractivity contribution in [2.75, 3.05) is 33.5 Å². The number of rotatable bonds is 1. The molecule has 0 saturated heterocycles. The van der Waals surface area contributed by atoms with E-state index in [9.17, 15) is 9.90 Å². The molecular weight excluding hydrogens is 280 g/mol. The average molecular weight is 300 g/mol. The zero-order chi connectivity index (χ0) is 15.4. The third-order valence-corrected chi connectivity index (χ3v) is 3.01. The predicted octanol–water partition coefficient (Wildman–Crippen LogP) is 1.67. The van der Waals surface area contributed by atoms with Crippen LogP contribution in [0.5, 0.6) is 5.75 Å². The molecule has 0 aliphatic carbocycles. The topological polar surface area (TPSA) is 67.6 Å². The summed E-state index contributed by atoms with van der Waals surface area (Å²) in [5.74, 6) is 0.700. The molecule has 0 fully saturated rings. The van der Waals surface area contributed by atoms with Crippen LogP contribution >= 0.6 is 11.6 Å². The number of carbonyl (C=O) groups is 1. The first kappa shape index (κ1) is 16.1. The maximum absolute atomic E-state index is 12.0. The molecule has 0 unspecified atom stereocenters. The zero-order valence-corrected chi connectivity index (χ0v) is 13.0. The smallest absolute Gasteiger partial charge is 0.384 e. The minimum Gasteiger partial charge on any atom is -0.508 e. The molecule has 6 nitrogen and oxygen atoms in total. The van der Waals surface area contributed by atoms with Gasteiger partial charge in [0.1, 0.15) is 5.75 Å². The SMILES string of the molecule is Cc1c(O)ccc(Cl)c1NC(=O)NC(N(C)C)=[N+](C)C. The van der Waals surface area contributed by atoms with Crippen molar-refractivity contribution in [2.24, 2.45) is 0 Å². The molecule has 7 heteroatoms. The molecule has 110 valence electrons. The molecule has 0 aromatic heterocycles. The van der Waals surface area contributed by atoms with Crippen LogP contribution < -0.4 is 10.6 Å². The Morgan fingerprint density at radius 2 is 1.95 bits per heavy atom. The van der Waals surface area contributed by atoms with E-state index in [2.05, 4.69) is 10.6 Å². The number of amides is 2. The predicted molar refractivity (Wildman–Crippen MR) is 80.8 cm³/mol. The Hall–Kier alpha value is -1.95. The number of phenolic OH excluding ortho intramolecular Hbond substituents is 1. The molecule has 1 aromatic carbocycles. The van der Waals surface area contributed by atoms with Gasteiger partial charge in [-0.05, 0) is 19.1 Å². The second kappa shape index (κ2) is 6.47. The van der Waals surface area contributed by atoms with E-state index in [0.717, 1.165) is 0 Å². The number of halogens is 1. The summed E-state index contributed by atoms with van der Waals surface area (Å²) in [5.41, 5.74) is 0.907. The van der Waals surface area contributed by atoms with Crippen LogP contribution in [0.1, 0.15) is 5.56 Å². The molecule has 2 amide bonds. The fourth-order valence-electron chi connectivity index (χ4n) is 1.69. The standard InChI is InChI=1S/C13H19ClN4O2/c1-8-10(19)7-6-9(14)11(8)15-12(20)16-13(17(2)3)18(4)5/h6-7H,1-5H3,(H2,15,19,20)/p+1. The van der Waals surface area contributed by atoms with Gasteiger partial charge in [-0.2, -0.15) is 5.32 Å². The number of phenols is 1. The Balaban J connectivity index is 2.93. The van der Waals surface area contributed by atoms with Crippen molar-refractivity contribution in [2.45, 2.75) is 6.92 Å². The van der Waals surface area contributed by atoms with Crippen LogP contribution in [0.25, 0.3) is 0 Å². The number of benzene rings is 1. The first-order valence-electron chi connectivity index (χ1n) is 6.01. The van der Waals surface area contributed by atoms with Gasteiger partial charge in [0.25, 0.3) is 0 Å². The van der Waals surface area contributed by atoms with Gasteiger partial charge >= 0.3 is 12.0 Å². The maximum Gasteiger partial charge on any atom is 0.384 e. The number of nitrogens with zero attached hydrogens (tertiary/aromatic N) is 2. The van der Waals surface area contributed by atoms with Crippen molar-refractivity contribution in [3.63, 3.8) is 0 Å². The molecule has 0 atom stereocenters. The van der Waals surface area contributed by atoms with Gasteiger partial charge in [0.05, 0.1) is 38.9 Å². The van der Waals surface area contributed by atoms with Crippen molar-refractivity contribution in [3.05, 3.63) is 22.7 Å². The van der Waals surface area contributed by atoms with Crippen molar-refractivity contribution >= 4 is 29.3 Å². The van der Waals surface area contributed by atoms with Gasteiger partial charge in [0.2, 0.25) is 0 Å². The van der Waals surface area contributed by atoms with E-state index in [1.807, 2.05) is 28.2 Å². The second-order valence-corrected chi connectivity index (χ2v) is 5.17. The summed E-state index contributed by atoms with van der Waals surface area (Å²) >= 11 is 6.03. The van der Waals surface area contributed by atoms with Crippen molar-refractivity contribution in [3.8, 4) is 5.75 Å². The van der Waals surface area contributed by atoms with E-state index >= 15 is 0 Å². The molecule has 0 spiro atoms. The fourth-order valence-corrected chi connectivity index (χ4v) is 1.94. The molecule has 0 saturated carbocycles. The number of hydrogen-bond donors (Lipinski definition) is 3. The zero-order valence-electron chi connectivity index (χ0n) is 12.3. The van der Waals surface area contributed by atoms with E-state index in [1.165, 1.54) is 12.1 Å². The van der Waals surface area contributed by atoms with Crippen molar-refractivity contribution < 1.29 is 14.5 Å². The summed E-state index contributed by atoms with van der Waals surface area (Å²) in [4.78, 5) is 13.8. The highest BCUT2D eigenvalue weighted by molar-refractivity contribution is 6.34. The molecule has 0 aliphatic rings. The lowest BCUT2D eigenvalue weighted by atomic mass is 10.2. The van der Waals surface area contributed by atoms with E-state index in [0.29, 0.717) is 22.2 Å². The van der Waals surface area contributed by atoms with Crippen LogP contribution in [0.3, 0.4) is 0 Å². The highest BCUT2D eigenvalue weighted by atomic mass is 35.5. The first-order chi connectivity index (χ1) is 9.23. The maximum atomic E-state index is 12.0. The Morgan fingerprint density at radius 3 is 2.45 bits per heavy atom. The molecule has 1 aromatic rings. The van der Waals surface area contributed by atoms with Crippen molar-refractivity contribution in [1.82, 2.24) is 10.2 Å². The minimum absolute atomic E-state index is 0.0779. The van der Waals surface area contributed by atoms with Crippen molar-refractivity contribution in [1.29, 1.82) is 0 Å². The lowest BCUT2D eigenvalue weighted by Crippen LogP contribution is -2.46.